The van der Waals surface area contributed by atoms with Crippen LogP contribution in [0, 0.1) is 0 Å². The van der Waals surface area contributed by atoms with Crippen LogP contribution in [0.4, 0.5) is 0 Å². The van der Waals surface area contributed by atoms with Gasteiger partial charge in [-0.2, -0.15) is 0 Å². The number of hydrogen-bond donors (Lipinski definition) is 3. The number of hydrogen-bond acceptors (Lipinski definition) is 3. The minimum Gasteiger partial charge on any atom is -0.390 e. The zero-order chi connectivity index (χ0) is 18.5. The molecule has 0 aliphatic carbocycles. The lowest BCUT2D eigenvalue weighted by Crippen LogP contribution is -2.38. The summed E-state index contributed by atoms with van der Waals surface area (Å²) in [4.78, 5) is 0. The van der Waals surface area contributed by atoms with E-state index in [0.29, 0.717) is 19.4 Å². The van der Waals surface area contributed by atoms with Gasteiger partial charge in [-0.1, -0.05) is 58.4 Å². The van der Waals surface area contributed by atoms with E-state index in [1.54, 1.807) is 13.8 Å². The van der Waals surface area contributed by atoms with E-state index in [1.165, 1.54) is 5.56 Å². The molecular formula is C21H28BrNO2. The first-order chi connectivity index (χ1) is 11.7. The van der Waals surface area contributed by atoms with Crippen molar-refractivity contribution in [2.24, 2.45) is 0 Å². The Morgan fingerprint density at radius 1 is 1.00 bits per heavy atom. The lowest BCUT2D eigenvalue weighted by molar-refractivity contribution is -0.0555. The van der Waals surface area contributed by atoms with Crippen LogP contribution in [0.1, 0.15) is 50.8 Å². The molecule has 0 heterocycles. The second-order valence-corrected chi connectivity index (χ2v) is 8.28. The van der Waals surface area contributed by atoms with Gasteiger partial charge >= 0.3 is 0 Å². The predicted octanol–water partition coefficient (Wildman–Crippen LogP) is 4.54. The summed E-state index contributed by atoms with van der Waals surface area (Å²) in [5, 5.41) is 24.9. The van der Waals surface area contributed by atoms with Crippen molar-refractivity contribution >= 4 is 15.9 Å². The number of rotatable bonds is 8. The average Bonchev–Trinajstić information content (AvgIpc) is 2.54. The highest BCUT2D eigenvalue weighted by Crippen LogP contribution is 2.33. The first-order valence-corrected chi connectivity index (χ1v) is 9.48. The zero-order valence-corrected chi connectivity index (χ0v) is 16.8. The summed E-state index contributed by atoms with van der Waals surface area (Å²) in [7, 11) is 0. The van der Waals surface area contributed by atoms with E-state index < -0.39 is 11.2 Å². The van der Waals surface area contributed by atoms with Gasteiger partial charge in [0.05, 0.1) is 11.2 Å². The van der Waals surface area contributed by atoms with Gasteiger partial charge in [0, 0.05) is 16.9 Å². The third kappa shape index (κ3) is 6.23. The van der Waals surface area contributed by atoms with Crippen molar-refractivity contribution in [3.8, 4) is 0 Å². The number of aliphatic hydroxyl groups is 2. The highest BCUT2D eigenvalue weighted by molar-refractivity contribution is 9.10. The molecule has 3 nitrogen and oxygen atoms in total. The summed E-state index contributed by atoms with van der Waals surface area (Å²) >= 11 is 3.45. The van der Waals surface area contributed by atoms with Crippen molar-refractivity contribution in [2.45, 2.75) is 50.9 Å². The minimum absolute atomic E-state index is 0.190. The van der Waals surface area contributed by atoms with E-state index in [-0.39, 0.29) is 6.04 Å². The number of benzene rings is 2. The van der Waals surface area contributed by atoms with E-state index in [1.807, 2.05) is 42.5 Å². The summed E-state index contributed by atoms with van der Waals surface area (Å²) in [5.41, 5.74) is 0.0394. The zero-order valence-electron chi connectivity index (χ0n) is 15.2. The molecule has 0 radical (unpaired) electrons. The quantitative estimate of drug-likeness (QED) is 0.604. The van der Waals surface area contributed by atoms with E-state index in [9.17, 15) is 10.2 Å². The lowest BCUT2D eigenvalue weighted by atomic mass is 9.81. The van der Waals surface area contributed by atoms with Gasteiger partial charge in [0.15, 0.2) is 0 Å². The van der Waals surface area contributed by atoms with Crippen molar-refractivity contribution in [3.05, 3.63) is 70.2 Å². The van der Waals surface area contributed by atoms with Gasteiger partial charge in [0.2, 0.25) is 0 Å². The maximum Gasteiger partial charge on any atom is 0.0935 e. The first-order valence-electron chi connectivity index (χ1n) is 8.69. The molecule has 0 saturated heterocycles. The molecule has 1 unspecified atom stereocenters. The van der Waals surface area contributed by atoms with Crippen molar-refractivity contribution in [1.82, 2.24) is 5.32 Å². The van der Waals surface area contributed by atoms with Crippen molar-refractivity contribution < 1.29 is 10.2 Å². The van der Waals surface area contributed by atoms with Crippen LogP contribution in [0.15, 0.2) is 59.1 Å². The van der Waals surface area contributed by atoms with Crippen LogP contribution in [0.2, 0.25) is 0 Å². The molecule has 2 rings (SSSR count). The smallest absolute Gasteiger partial charge is 0.0935 e. The molecule has 0 aliphatic heterocycles. The fourth-order valence-electron chi connectivity index (χ4n) is 3.16. The second-order valence-electron chi connectivity index (χ2n) is 7.36. The maximum absolute atomic E-state index is 11.2. The maximum atomic E-state index is 11.2. The number of nitrogens with one attached hydrogen (secondary N) is 1. The summed E-state index contributed by atoms with van der Waals surface area (Å²) in [6.07, 6.45) is 0.820. The normalized spacial score (nSPS) is 15.6. The molecule has 0 amide bonds. The highest BCUT2D eigenvalue weighted by atomic mass is 79.9. The standard InChI is InChI=1S/C21H28BrNO2/c1-16(17-9-11-19(22)12-10-17)23-14-13-21(25,15-20(2,3)24)18-7-5-4-6-8-18/h4-12,16,23-25H,13-15H2,1-3H3/t16-,21?/m0/s1. The summed E-state index contributed by atoms with van der Waals surface area (Å²) < 4.78 is 1.06. The monoisotopic (exact) mass is 405 g/mol. The molecule has 0 spiro atoms. The SMILES string of the molecule is C[C@H](NCCC(O)(CC(C)(C)O)c1ccccc1)c1ccc(Br)cc1. The van der Waals surface area contributed by atoms with Crippen molar-refractivity contribution in [1.29, 1.82) is 0 Å². The average molecular weight is 406 g/mol. The van der Waals surface area contributed by atoms with Crippen LogP contribution < -0.4 is 5.32 Å². The van der Waals surface area contributed by atoms with E-state index in [2.05, 4.69) is 40.3 Å². The summed E-state index contributed by atoms with van der Waals surface area (Å²) in [5.74, 6) is 0. The molecule has 2 atom stereocenters. The second kappa shape index (κ2) is 8.45. The molecule has 136 valence electrons. The highest BCUT2D eigenvalue weighted by Gasteiger charge is 2.34. The molecule has 25 heavy (non-hydrogen) atoms. The fourth-order valence-corrected chi connectivity index (χ4v) is 3.43. The molecule has 2 aromatic rings. The molecular weight excluding hydrogens is 378 g/mol. The third-order valence-electron chi connectivity index (χ3n) is 4.40. The Hall–Kier alpha value is -1.20. The van der Waals surface area contributed by atoms with Crippen LogP contribution in [0.5, 0.6) is 0 Å². The van der Waals surface area contributed by atoms with Crippen LogP contribution in [0.25, 0.3) is 0 Å². The van der Waals surface area contributed by atoms with E-state index >= 15 is 0 Å². The Bertz CT molecular complexity index is 652. The number of halogens is 1. The van der Waals surface area contributed by atoms with Crippen LogP contribution >= 0.6 is 15.9 Å². The Balaban J connectivity index is 2.03. The largest absolute Gasteiger partial charge is 0.390 e. The molecule has 0 aromatic heterocycles. The predicted molar refractivity (Wildman–Crippen MR) is 106 cm³/mol. The van der Waals surface area contributed by atoms with Gasteiger partial charge in [0.25, 0.3) is 0 Å². The fraction of sp³-hybridized carbons (Fsp3) is 0.429. The first kappa shape index (κ1) is 20.1. The topological polar surface area (TPSA) is 52.5 Å². The molecule has 0 fully saturated rings. The molecule has 0 saturated carbocycles. The molecule has 4 heteroatoms. The molecule has 0 bridgehead atoms. The van der Waals surface area contributed by atoms with Crippen molar-refractivity contribution in [2.75, 3.05) is 6.54 Å². The Morgan fingerprint density at radius 3 is 2.16 bits per heavy atom. The molecule has 3 N–H and O–H groups in total. The van der Waals surface area contributed by atoms with Crippen LogP contribution in [0.3, 0.4) is 0 Å². The lowest BCUT2D eigenvalue weighted by Gasteiger charge is -2.34. The van der Waals surface area contributed by atoms with Crippen LogP contribution in [-0.4, -0.2) is 22.4 Å². The van der Waals surface area contributed by atoms with Gasteiger partial charge in [-0.25, -0.2) is 0 Å². The van der Waals surface area contributed by atoms with Gasteiger partial charge in [-0.3, -0.25) is 0 Å². The third-order valence-corrected chi connectivity index (χ3v) is 4.92. The summed E-state index contributed by atoms with van der Waals surface area (Å²) in [6.45, 7) is 6.23. The Labute approximate surface area is 159 Å². The van der Waals surface area contributed by atoms with Crippen LogP contribution in [-0.2, 0) is 5.60 Å². The van der Waals surface area contributed by atoms with Gasteiger partial charge in [0.1, 0.15) is 0 Å². The van der Waals surface area contributed by atoms with Gasteiger partial charge in [-0.05, 0) is 57.0 Å². The summed E-state index contributed by atoms with van der Waals surface area (Å²) in [6, 6.07) is 18.0. The molecule has 2 aromatic carbocycles. The van der Waals surface area contributed by atoms with Gasteiger partial charge < -0.3 is 15.5 Å². The van der Waals surface area contributed by atoms with E-state index in [4.69, 9.17) is 0 Å². The Kier molecular flexibility index (Phi) is 6.80. The van der Waals surface area contributed by atoms with Gasteiger partial charge in [-0.15, -0.1) is 0 Å². The van der Waals surface area contributed by atoms with Crippen molar-refractivity contribution in [3.63, 3.8) is 0 Å². The minimum atomic E-state index is -1.06. The molecule has 0 aliphatic rings. The van der Waals surface area contributed by atoms with E-state index in [0.717, 1.165) is 10.0 Å². The Morgan fingerprint density at radius 2 is 1.60 bits per heavy atom.